The summed E-state index contributed by atoms with van der Waals surface area (Å²) in [7, 11) is 0. The summed E-state index contributed by atoms with van der Waals surface area (Å²) < 4.78 is 0. The van der Waals surface area contributed by atoms with Gasteiger partial charge in [-0.15, -0.1) is 11.3 Å². The Bertz CT molecular complexity index is 297. The van der Waals surface area contributed by atoms with Crippen LogP contribution in [-0.2, 0) is 0 Å². The zero-order valence-electron chi connectivity index (χ0n) is 8.49. The number of hydrogen-bond donors (Lipinski definition) is 2. The molecule has 2 N–H and O–H groups in total. The first-order valence-electron chi connectivity index (χ1n) is 5.20. The van der Waals surface area contributed by atoms with Crippen molar-refractivity contribution < 1.29 is 5.11 Å². The van der Waals surface area contributed by atoms with Crippen molar-refractivity contribution in [2.45, 2.75) is 25.8 Å². The van der Waals surface area contributed by atoms with E-state index in [-0.39, 0.29) is 0 Å². The number of aliphatic hydroxyl groups excluding tert-OH is 1. The maximum Gasteiger partial charge on any atom is 0.0460 e. The molecule has 0 saturated carbocycles. The highest BCUT2D eigenvalue weighted by Gasteiger charge is 2.22. The number of aryl methyl sites for hydroxylation is 1. The molecule has 14 heavy (non-hydrogen) atoms. The van der Waals surface area contributed by atoms with Gasteiger partial charge in [0.25, 0.3) is 0 Å². The standard InChI is InChI=1S/C11H17NOS/c1-8-2-3-11(14-8)10-6-9(7-13)4-5-12-10/h2-3,9-10,12-13H,4-7H2,1H3. The molecule has 0 amide bonds. The lowest BCUT2D eigenvalue weighted by Crippen LogP contribution is -2.32. The molecule has 2 rings (SSSR count). The van der Waals surface area contributed by atoms with E-state index in [9.17, 15) is 0 Å². The van der Waals surface area contributed by atoms with E-state index in [1.54, 1.807) is 0 Å². The van der Waals surface area contributed by atoms with Crippen molar-refractivity contribution in [3.05, 3.63) is 21.9 Å². The zero-order chi connectivity index (χ0) is 9.97. The van der Waals surface area contributed by atoms with Gasteiger partial charge in [0.2, 0.25) is 0 Å². The number of nitrogens with one attached hydrogen (secondary N) is 1. The van der Waals surface area contributed by atoms with Crippen LogP contribution in [0.2, 0.25) is 0 Å². The molecule has 2 heterocycles. The first kappa shape index (κ1) is 10.1. The summed E-state index contributed by atoms with van der Waals surface area (Å²) in [6.07, 6.45) is 2.19. The van der Waals surface area contributed by atoms with Crippen LogP contribution in [0.3, 0.4) is 0 Å². The van der Waals surface area contributed by atoms with Crippen molar-refractivity contribution in [2.75, 3.05) is 13.2 Å². The largest absolute Gasteiger partial charge is 0.396 e. The number of aliphatic hydroxyl groups is 1. The van der Waals surface area contributed by atoms with Gasteiger partial charge >= 0.3 is 0 Å². The second-order valence-electron chi connectivity index (χ2n) is 4.03. The van der Waals surface area contributed by atoms with Crippen LogP contribution in [0.15, 0.2) is 12.1 Å². The lowest BCUT2D eigenvalue weighted by Gasteiger charge is -2.28. The van der Waals surface area contributed by atoms with E-state index in [0.717, 1.165) is 19.4 Å². The highest BCUT2D eigenvalue weighted by molar-refractivity contribution is 7.12. The van der Waals surface area contributed by atoms with E-state index in [4.69, 9.17) is 5.11 Å². The summed E-state index contributed by atoms with van der Waals surface area (Å²) in [6, 6.07) is 4.85. The van der Waals surface area contributed by atoms with Crippen molar-refractivity contribution in [3.8, 4) is 0 Å². The zero-order valence-corrected chi connectivity index (χ0v) is 9.31. The Morgan fingerprint density at radius 2 is 2.43 bits per heavy atom. The maximum atomic E-state index is 9.14. The van der Waals surface area contributed by atoms with Gasteiger partial charge < -0.3 is 10.4 Å². The van der Waals surface area contributed by atoms with Gasteiger partial charge in [-0.2, -0.15) is 0 Å². The molecule has 2 unspecified atom stereocenters. The van der Waals surface area contributed by atoms with Crippen LogP contribution in [0.1, 0.15) is 28.6 Å². The minimum atomic E-state index is 0.336. The monoisotopic (exact) mass is 211 g/mol. The fraction of sp³-hybridized carbons (Fsp3) is 0.636. The number of thiophene rings is 1. The molecular weight excluding hydrogens is 194 g/mol. The average molecular weight is 211 g/mol. The van der Waals surface area contributed by atoms with Gasteiger partial charge in [0.05, 0.1) is 0 Å². The third-order valence-electron chi connectivity index (χ3n) is 2.88. The number of piperidine rings is 1. The molecule has 0 aliphatic carbocycles. The van der Waals surface area contributed by atoms with Gasteiger partial charge in [-0.3, -0.25) is 0 Å². The van der Waals surface area contributed by atoms with Gasteiger partial charge in [0, 0.05) is 22.4 Å². The molecule has 1 aromatic heterocycles. The first-order chi connectivity index (χ1) is 6.79. The molecular formula is C11H17NOS. The lowest BCUT2D eigenvalue weighted by atomic mass is 9.92. The van der Waals surface area contributed by atoms with Gasteiger partial charge in [-0.1, -0.05) is 0 Å². The average Bonchev–Trinajstić information content (AvgIpc) is 2.65. The van der Waals surface area contributed by atoms with E-state index in [2.05, 4.69) is 24.4 Å². The SMILES string of the molecule is Cc1ccc(C2CC(CO)CCN2)s1. The van der Waals surface area contributed by atoms with Gasteiger partial charge in [0.15, 0.2) is 0 Å². The minimum Gasteiger partial charge on any atom is -0.396 e. The highest BCUT2D eigenvalue weighted by atomic mass is 32.1. The van der Waals surface area contributed by atoms with Crippen LogP contribution in [0.25, 0.3) is 0 Å². The Hall–Kier alpha value is -0.380. The van der Waals surface area contributed by atoms with Crippen LogP contribution in [-0.4, -0.2) is 18.3 Å². The Balaban J connectivity index is 2.04. The fourth-order valence-electron chi connectivity index (χ4n) is 2.02. The number of hydrogen-bond acceptors (Lipinski definition) is 3. The molecule has 0 aromatic carbocycles. The maximum absolute atomic E-state index is 9.14. The molecule has 0 spiro atoms. The predicted molar refractivity (Wildman–Crippen MR) is 59.6 cm³/mol. The topological polar surface area (TPSA) is 32.3 Å². The summed E-state index contributed by atoms with van der Waals surface area (Å²) in [6.45, 7) is 3.51. The molecule has 78 valence electrons. The van der Waals surface area contributed by atoms with Crippen molar-refractivity contribution in [2.24, 2.45) is 5.92 Å². The van der Waals surface area contributed by atoms with Crippen LogP contribution in [0, 0.1) is 12.8 Å². The Kier molecular flexibility index (Phi) is 3.21. The van der Waals surface area contributed by atoms with Crippen molar-refractivity contribution >= 4 is 11.3 Å². The van der Waals surface area contributed by atoms with E-state index >= 15 is 0 Å². The quantitative estimate of drug-likeness (QED) is 0.785. The molecule has 1 aliphatic heterocycles. The van der Waals surface area contributed by atoms with Gasteiger partial charge in [-0.05, 0) is 44.4 Å². The lowest BCUT2D eigenvalue weighted by molar-refractivity contribution is 0.177. The van der Waals surface area contributed by atoms with Gasteiger partial charge in [0.1, 0.15) is 0 Å². The Morgan fingerprint density at radius 3 is 3.07 bits per heavy atom. The Morgan fingerprint density at radius 1 is 1.57 bits per heavy atom. The van der Waals surface area contributed by atoms with E-state index in [0.29, 0.717) is 18.6 Å². The van der Waals surface area contributed by atoms with Crippen LogP contribution in [0.5, 0.6) is 0 Å². The molecule has 0 radical (unpaired) electrons. The summed E-state index contributed by atoms with van der Waals surface area (Å²) in [5.74, 6) is 0.489. The summed E-state index contributed by atoms with van der Waals surface area (Å²) in [4.78, 5) is 2.79. The molecule has 0 bridgehead atoms. The molecule has 1 aliphatic rings. The smallest absolute Gasteiger partial charge is 0.0460 e. The van der Waals surface area contributed by atoms with Gasteiger partial charge in [-0.25, -0.2) is 0 Å². The highest BCUT2D eigenvalue weighted by Crippen LogP contribution is 2.31. The van der Waals surface area contributed by atoms with Crippen LogP contribution in [0.4, 0.5) is 0 Å². The van der Waals surface area contributed by atoms with Crippen LogP contribution < -0.4 is 5.32 Å². The third kappa shape index (κ3) is 2.16. The third-order valence-corrected chi connectivity index (χ3v) is 3.99. The second kappa shape index (κ2) is 4.43. The molecule has 3 heteroatoms. The van der Waals surface area contributed by atoms with Crippen molar-refractivity contribution in [3.63, 3.8) is 0 Å². The van der Waals surface area contributed by atoms with Crippen molar-refractivity contribution in [1.82, 2.24) is 5.32 Å². The van der Waals surface area contributed by atoms with E-state index < -0.39 is 0 Å². The second-order valence-corrected chi connectivity index (χ2v) is 5.35. The minimum absolute atomic E-state index is 0.336. The predicted octanol–water partition coefficient (Wildman–Crippen LogP) is 2.09. The summed E-state index contributed by atoms with van der Waals surface area (Å²) in [5.41, 5.74) is 0. The molecule has 2 nitrogen and oxygen atoms in total. The molecule has 1 aromatic rings. The molecule has 2 atom stereocenters. The fourth-order valence-corrected chi connectivity index (χ4v) is 2.99. The normalized spacial score (nSPS) is 27.9. The summed E-state index contributed by atoms with van der Waals surface area (Å²) >= 11 is 1.86. The Labute approximate surface area is 89.0 Å². The molecule has 1 fully saturated rings. The van der Waals surface area contributed by atoms with E-state index in [1.165, 1.54) is 9.75 Å². The van der Waals surface area contributed by atoms with E-state index in [1.807, 2.05) is 11.3 Å². The molecule has 1 saturated heterocycles. The first-order valence-corrected chi connectivity index (χ1v) is 6.02. The van der Waals surface area contributed by atoms with Crippen molar-refractivity contribution in [1.29, 1.82) is 0 Å². The number of rotatable bonds is 2. The summed E-state index contributed by atoms with van der Waals surface area (Å²) in [5, 5.41) is 12.6. The van der Waals surface area contributed by atoms with Crippen LogP contribution >= 0.6 is 11.3 Å².